The summed E-state index contributed by atoms with van der Waals surface area (Å²) in [6.45, 7) is 0. The van der Waals surface area contributed by atoms with Gasteiger partial charge in [-0.15, -0.1) is 0 Å². The summed E-state index contributed by atoms with van der Waals surface area (Å²) in [4.78, 5) is 8.53. The van der Waals surface area contributed by atoms with Crippen molar-refractivity contribution >= 4 is 22.4 Å². The van der Waals surface area contributed by atoms with Gasteiger partial charge in [0.25, 0.3) is 0 Å². The Morgan fingerprint density at radius 2 is 2.00 bits per heavy atom. The number of benzene rings is 1. The first-order valence-electron chi connectivity index (χ1n) is 5.26. The number of fused-ring (bicyclic) bond motifs is 1. The Balaban J connectivity index is 2.17. The van der Waals surface area contributed by atoms with Gasteiger partial charge in [-0.1, -0.05) is 12.1 Å². The second-order valence-corrected chi connectivity index (χ2v) is 4.51. The van der Waals surface area contributed by atoms with Crippen LogP contribution in [0.5, 0.6) is 0 Å². The average molecular weight is 242 g/mol. The van der Waals surface area contributed by atoms with E-state index < -0.39 is 6.10 Å². The van der Waals surface area contributed by atoms with E-state index in [1.165, 1.54) is 0 Å². The number of para-hydroxylation sites is 1. The summed E-state index contributed by atoms with van der Waals surface area (Å²) in [5.74, 6) is 0. The van der Waals surface area contributed by atoms with E-state index in [1.54, 1.807) is 23.7 Å². The number of aliphatic hydroxyl groups is 1. The van der Waals surface area contributed by atoms with Crippen molar-refractivity contribution in [2.45, 2.75) is 6.10 Å². The maximum atomic E-state index is 10.3. The number of nitrogens with zero attached hydrogens (tertiary/aromatic N) is 2. The molecule has 0 saturated carbocycles. The molecule has 0 bridgehead atoms. The summed E-state index contributed by atoms with van der Waals surface area (Å²) < 4.78 is 0. The Morgan fingerprint density at radius 1 is 1.12 bits per heavy atom. The first-order valence-corrected chi connectivity index (χ1v) is 6.20. The molecule has 17 heavy (non-hydrogen) atoms. The Hall–Kier alpha value is -1.78. The van der Waals surface area contributed by atoms with Gasteiger partial charge in [-0.25, -0.2) is 0 Å². The first-order chi connectivity index (χ1) is 8.36. The smallest absolute Gasteiger partial charge is 0.107 e. The molecule has 0 fully saturated rings. The molecule has 3 aromatic rings. The number of hydrogen-bond donors (Lipinski definition) is 1. The van der Waals surface area contributed by atoms with Gasteiger partial charge in [-0.2, -0.15) is 11.3 Å². The molecule has 0 amide bonds. The van der Waals surface area contributed by atoms with E-state index in [-0.39, 0.29) is 0 Å². The Kier molecular flexibility index (Phi) is 2.59. The highest BCUT2D eigenvalue weighted by atomic mass is 32.1. The SMILES string of the molecule is OC(c1ccsc1)c1cccc2nccnc12. The summed E-state index contributed by atoms with van der Waals surface area (Å²) >= 11 is 1.57. The van der Waals surface area contributed by atoms with E-state index in [1.807, 2.05) is 35.0 Å². The predicted octanol–water partition coefficient (Wildman–Crippen LogP) is 2.77. The van der Waals surface area contributed by atoms with Crippen LogP contribution in [0.1, 0.15) is 17.2 Å². The molecule has 1 aromatic carbocycles. The summed E-state index contributed by atoms with van der Waals surface area (Å²) in [5.41, 5.74) is 3.26. The molecule has 3 nitrogen and oxygen atoms in total. The van der Waals surface area contributed by atoms with Crippen molar-refractivity contribution in [1.82, 2.24) is 9.97 Å². The molecular weight excluding hydrogens is 232 g/mol. The zero-order valence-electron chi connectivity index (χ0n) is 8.95. The van der Waals surface area contributed by atoms with Crippen LogP contribution >= 0.6 is 11.3 Å². The molecular formula is C13H10N2OS. The zero-order valence-corrected chi connectivity index (χ0v) is 9.76. The van der Waals surface area contributed by atoms with E-state index in [9.17, 15) is 5.11 Å². The number of aliphatic hydroxyl groups excluding tert-OH is 1. The van der Waals surface area contributed by atoms with E-state index in [0.29, 0.717) is 0 Å². The quantitative estimate of drug-likeness (QED) is 0.751. The van der Waals surface area contributed by atoms with Crippen LogP contribution in [0.15, 0.2) is 47.4 Å². The van der Waals surface area contributed by atoms with Crippen LogP contribution in [0.4, 0.5) is 0 Å². The van der Waals surface area contributed by atoms with Crippen LogP contribution in [-0.4, -0.2) is 15.1 Å². The zero-order chi connectivity index (χ0) is 11.7. The fourth-order valence-corrected chi connectivity index (χ4v) is 2.52. The standard InChI is InChI=1S/C13H10N2OS/c16-13(9-4-7-17-8-9)10-2-1-3-11-12(10)15-6-5-14-11/h1-8,13,16H. The van der Waals surface area contributed by atoms with Crippen LogP contribution in [-0.2, 0) is 0 Å². The van der Waals surface area contributed by atoms with Crippen molar-refractivity contribution in [3.63, 3.8) is 0 Å². The summed E-state index contributed by atoms with van der Waals surface area (Å²) in [5, 5.41) is 14.2. The molecule has 84 valence electrons. The average Bonchev–Trinajstić information content (AvgIpc) is 2.91. The number of thiophene rings is 1. The van der Waals surface area contributed by atoms with E-state index >= 15 is 0 Å². The Bertz CT molecular complexity index is 631. The lowest BCUT2D eigenvalue weighted by molar-refractivity contribution is 0.222. The predicted molar refractivity (Wildman–Crippen MR) is 67.9 cm³/mol. The van der Waals surface area contributed by atoms with Gasteiger partial charge in [0.2, 0.25) is 0 Å². The molecule has 1 N–H and O–H groups in total. The molecule has 1 unspecified atom stereocenters. The van der Waals surface area contributed by atoms with E-state index in [2.05, 4.69) is 9.97 Å². The number of rotatable bonds is 2. The molecule has 0 aliphatic rings. The number of hydrogen-bond acceptors (Lipinski definition) is 4. The van der Waals surface area contributed by atoms with Crippen molar-refractivity contribution in [2.24, 2.45) is 0 Å². The third kappa shape index (κ3) is 1.81. The topological polar surface area (TPSA) is 46.0 Å². The van der Waals surface area contributed by atoms with E-state index in [0.717, 1.165) is 22.2 Å². The second-order valence-electron chi connectivity index (χ2n) is 3.73. The minimum absolute atomic E-state index is 0.637. The third-order valence-electron chi connectivity index (χ3n) is 2.68. The van der Waals surface area contributed by atoms with Gasteiger partial charge < -0.3 is 5.11 Å². The molecule has 0 saturated heterocycles. The van der Waals surface area contributed by atoms with Crippen molar-refractivity contribution < 1.29 is 5.11 Å². The van der Waals surface area contributed by atoms with Crippen molar-refractivity contribution in [2.75, 3.05) is 0 Å². The van der Waals surface area contributed by atoms with Crippen LogP contribution in [0.25, 0.3) is 11.0 Å². The van der Waals surface area contributed by atoms with Crippen LogP contribution < -0.4 is 0 Å². The maximum Gasteiger partial charge on any atom is 0.107 e. The van der Waals surface area contributed by atoms with Crippen LogP contribution in [0.2, 0.25) is 0 Å². The molecule has 0 aliphatic heterocycles. The normalized spacial score (nSPS) is 12.8. The van der Waals surface area contributed by atoms with Gasteiger partial charge in [0.05, 0.1) is 11.0 Å². The van der Waals surface area contributed by atoms with Gasteiger partial charge in [-0.05, 0) is 28.5 Å². The van der Waals surface area contributed by atoms with Gasteiger partial charge in [0, 0.05) is 18.0 Å². The Morgan fingerprint density at radius 3 is 2.82 bits per heavy atom. The molecule has 2 heterocycles. The molecule has 4 heteroatoms. The van der Waals surface area contributed by atoms with Crippen molar-refractivity contribution in [3.8, 4) is 0 Å². The minimum Gasteiger partial charge on any atom is -0.384 e. The van der Waals surface area contributed by atoms with Crippen LogP contribution in [0, 0.1) is 0 Å². The highest BCUT2D eigenvalue weighted by molar-refractivity contribution is 7.07. The third-order valence-corrected chi connectivity index (χ3v) is 3.38. The molecule has 2 aromatic heterocycles. The highest BCUT2D eigenvalue weighted by Gasteiger charge is 2.14. The Labute approximate surface area is 102 Å². The lowest BCUT2D eigenvalue weighted by Gasteiger charge is -2.11. The summed E-state index contributed by atoms with van der Waals surface area (Å²) in [7, 11) is 0. The minimum atomic E-state index is -0.637. The maximum absolute atomic E-state index is 10.3. The largest absolute Gasteiger partial charge is 0.384 e. The lowest BCUT2D eigenvalue weighted by Crippen LogP contribution is -2.00. The van der Waals surface area contributed by atoms with Crippen LogP contribution in [0.3, 0.4) is 0 Å². The molecule has 1 atom stereocenters. The summed E-state index contributed by atoms with van der Waals surface area (Å²) in [6.07, 6.45) is 2.66. The van der Waals surface area contributed by atoms with Crippen molar-refractivity contribution in [3.05, 3.63) is 58.5 Å². The van der Waals surface area contributed by atoms with Gasteiger partial charge in [0.1, 0.15) is 6.10 Å². The van der Waals surface area contributed by atoms with Gasteiger partial charge >= 0.3 is 0 Å². The fraction of sp³-hybridized carbons (Fsp3) is 0.0769. The fourth-order valence-electron chi connectivity index (χ4n) is 1.85. The highest BCUT2D eigenvalue weighted by Crippen LogP contribution is 2.27. The molecule has 0 spiro atoms. The summed E-state index contributed by atoms with van der Waals surface area (Å²) in [6, 6.07) is 7.60. The number of aromatic nitrogens is 2. The van der Waals surface area contributed by atoms with E-state index in [4.69, 9.17) is 0 Å². The van der Waals surface area contributed by atoms with Gasteiger partial charge in [-0.3, -0.25) is 9.97 Å². The van der Waals surface area contributed by atoms with Crippen molar-refractivity contribution in [1.29, 1.82) is 0 Å². The molecule has 3 rings (SSSR count). The second kappa shape index (κ2) is 4.24. The lowest BCUT2D eigenvalue weighted by atomic mass is 10.0. The molecule has 0 radical (unpaired) electrons. The molecule has 0 aliphatic carbocycles. The van der Waals surface area contributed by atoms with Gasteiger partial charge in [0.15, 0.2) is 0 Å². The first kappa shape index (κ1) is 10.4. The monoisotopic (exact) mass is 242 g/mol.